The van der Waals surface area contributed by atoms with Crippen molar-refractivity contribution in [2.24, 2.45) is 0 Å². The maximum absolute atomic E-state index is 3.58. The highest BCUT2D eigenvalue weighted by Crippen LogP contribution is 2.18. The number of hydrogen-bond acceptors (Lipinski definition) is 2. The van der Waals surface area contributed by atoms with Crippen LogP contribution in [-0.2, 0) is 12.8 Å². The van der Waals surface area contributed by atoms with Gasteiger partial charge in [0.2, 0.25) is 0 Å². The molecule has 1 aromatic carbocycles. The number of rotatable bonds is 11. The molecule has 1 aromatic rings. The van der Waals surface area contributed by atoms with E-state index in [2.05, 4.69) is 41.8 Å². The summed E-state index contributed by atoms with van der Waals surface area (Å²) in [5.41, 5.74) is 2.94. The normalized spacial score (nSPS) is 14.7. The lowest BCUT2D eigenvalue weighted by molar-refractivity contribution is 0.620. The summed E-state index contributed by atoms with van der Waals surface area (Å²) in [6, 6.07) is 10.1. The molecule has 2 nitrogen and oxygen atoms in total. The van der Waals surface area contributed by atoms with Crippen LogP contribution in [-0.4, -0.2) is 25.7 Å². The number of nitrogens with one attached hydrogen (secondary N) is 2. The van der Waals surface area contributed by atoms with E-state index in [4.69, 9.17) is 0 Å². The Morgan fingerprint density at radius 1 is 0.900 bits per heavy atom. The van der Waals surface area contributed by atoms with Crippen LogP contribution in [0.5, 0.6) is 0 Å². The highest BCUT2D eigenvalue weighted by Gasteiger charge is 2.19. The average Bonchev–Trinajstić information content (AvgIpc) is 3.29. The van der Waals surface area contributed by atoms with Crippen LogP contribution in [0.15, 0.2) is 24.3 Å². The van der Waals surface area contributed by atoms with Crippen molar-refractivity contribution in [1.29, 1.82) is 0 Å². The first-order chi connectivity index (χ1) is 9.88. The van der Waals surface area contributed by atoms with Crippen LogP contribution < -0.4 is 10.6 Å². The number of unbranched alkanes of at least 4 members (excludes halogenated alkanes) is 1. The Balaban J connectivity index is 1.55. The fourth-order valence-electron chi connectivity index (χ4n) is 2.45. The molecule has 1 aliphatic rings. The van der Waals surface area contributed by atoms with E-state index in [1.54, 1.807) is 0 Å². The van der Waals surface area contributed by atoms with Crippen LogP contribution in [0, 0.1) is 0 Å². The van der Waals surface area contributed by atoms with Crippen molar-refractivity contribution in [3.63, 3.8) is 0 Å². The van der Waals surface area contributed by atoms with Crippen molar-refractivity contribution in [1.82, 2.24) is 10.6 Å². The lowest BCUT2D eigenvalue weighted by Gasteiger charge is -2.06. The van der Waals surface area contributed by atoms with Gasteiger partial charge in [-0.2, -0.15) is 0 Å². The van der Waals surface area contributed by atoms with E-state index in [1.165, 1.54) is 56.2 Å². The summed E-state index contributed by atoms with van der Waals surface area (Å²) in [5.74, 6) is 0. The zero-order valence-electron chi connectivity index (χ0n) is 13.0. The first-order valence-electron chi connectivity index (χ1n) is 8.40. The Hall–Kier alpha value is -0.860. The molecule has 1 fully saturated rings. The molecule has 0 radical (unpaired) electrons. The van der Waals surface area contributed by atoms with Gasteiger partial charge in [-0.15, -0.1) is 0 Å². The topological polar surface area (TPSA) is 24.1 Å². The van der Waals surface area contributed by atoms with E-state index in [0.717, 1.165) is 25.6 Å². The van der Waals surface area contributed by atoms with Gasteiger partial charge in [0, 0.05) is 6.04 Å². The lowest BCUT2D eigenvalue weighted by Crippen LogP contribution is -2.17. The van der Waals surface area contributed by atoms with E-state index in [0.29, 0.717) is 0 Å². The molecule has 20 heavy (non-hydrogen) atoms. The van der Waals surface area contributed by atoms with Gasteiger partial charge in [-0.25, -0.2) is 0 Å². The summed E-state index contributed by atoms with van der Waals surface area (Å²) in [7, 11) is 0. The van der Waals surface area contributed by atoms with Gasteiger partial charge in [0.05, 0.1) is 0 Å². The molecule has 112 valence electrons. The third-order valence-corrected chi connectivity index (χ3v) is 3.94. The highest BCUT2D eigenvalue weighted by molar-refractivity contribution is 5.22. The molecular weight excluding hydrogens is 244 g/mol. The van der Waals surface area contributed by atoms with Crippen LogP contribution in [0.2, 0.25) is 0 Å². The van der Waals surface area contributed by atoms with Crippen molar-refractivity contribution >= 4 is 0 Å². The molecule has 0 saturated heterocycles. The Kier molecular flexibility index (Phi) is 7.10. The van der Waals surface area contributed by atoms with E-state index in [1.807, 2.05) is 0 Å². The summed E-state index contributed by atoms with van der Waals surface area (Å²) in [4.78, 5) is 0. The smallest absolute Gasteiger partial charge is 0.00682 e. The number of hydrogen-bond donors (Lipinski definition) is 2. The van der Waals surface area contributed by atoms with Crippen LogP contribution in [0.3, 0.4) is 0 Å². The van der Waals surface area contributed by atoms with Gasteiger partial charge < -0.3 is 10.6 Å². The molecule has 0 amide bonds. The second-order valence-electron chi connectivity index (χ2n) is 6.00. The lowest BCUT2D eigenvalue weighted by atomic mass is 10.0. The third-order valence-electron chi connectivity index (χ3n) is 3.94. The molecule has 0 heterocycles. The van der Waals surface area contributed by atoms with E-state index in [-0.39, 0.29) is 0 Å². The summed E-state index contributed by atoms with van der Waals surface area (Å²) >= 11 is 0. The molecule has 0 unspecified atom stereocenters. The van der Waals surface area contributed by atoms with Gasteiger partial charge in [-0.3, -0.25) is 0 Å². The summed E-state index contributed by atoms with van der Waals surface area (Å²) in [6.45, 7) is 5.64. The minimum Gasteiger partial charge on any atom is -0.316 e. The Bertz CT molecular complexity index is 354. The molecule has 0 atom stereocenters. The molecule has 0 aromatic heterocycles. The molecule has 2 N–H and O–H groups in total. The quantitative estimate of drug-likeness (QED) is 0.605. The van der Waals surface area contributed by atoms with Crippen molar-refractivity contribution in [2.75, 3.05) is 19.6 Å². The second-order valence-corrected chi connectivity index (χ2v) is 6.00. The summed E-state index contributed by atoms with van der Waals surface area (Å²) in [6.07, 6.45) is 8.99. The predicted octanol–water partition coefficient (Wildman–Crippen LogP) is 3.30. The fraction of sp³-hybridized carbons (Fsp3) is 0.667. The Morgan fingerprint density at radius 3 is 2.25 bits per heavy atom. The fourth-order valence-corrected chi connectivity index (χ4v) is 2.45. The number of aryl methyl sites for hydroxylation is 1. The summed E-state index contributed by atoms with van der Waals surface area (Å²) < 4.78 is 0. The monoisotopic (exact) mass is 274 g/mol. The zero-order valence-corrected chi connectivity index (χ0v) is 13.0. The van der Waals surface area contributed by atoms with Crippen LogP contribution in [0.4, 0.5) is 0 Å². The molecule has 1 aliphatic carbocycles. The van der Waals surface area contributed by atoms with Crippen LogP contribution in [0.1, 0.15) is 50.2 Å². The maximum atomic E-state index is 3.58. The SMILES string of the molecule is CCCNCCc1ccc(CCCCNC2CC2)cc1. The summed E-state index contributed by atoms with van der Waals surface area (Å²) in [5, 5.41) is 7.03. The van der Waals surface area contributed by atoms with Gasteiger partial charge >= 0.3 is 0 Å². The highest BCUT2D eigenvalue weighted by atomic mass is 14.9. The molecule has 2 heteroatoms. The Morgan fingerprint density at radius 2 is 1.60 bits per heavy atom. The van der Waals surface area contributed by atoms with Crippen molar-refractivity contribution in [3.05, 3.63) is 35.4 Å². The maximum Gasteiger partial charge on any atom is 0.00682 e. The van der Waals surface area contributed by atoms with Crippen molar-refractivity contribution < 1.29 is 0 Å². The third kappa shape index (κ3) is 6.53. The van der Waals surface area contributed by atoms with E-state index >= 15 is 0 Å². The van der Waals surface area contributed by atoms with Gasteiger partial charge in [-0.1, -0.05) is 31.2 Å². The van der Waals surface area contributed by atoms with Gasteiger partial charge in [0.25, 0.3) is 0 Å². The molecule has 0 spiro atoms. The largest absolute Gasteiger partial charge is 0.316 e. The first kappa shape index (κ1) is 15.5. The average molecular weight is 274 g/mol. The van der Waals surface area contributed by atoms with Crippen molar-refractivity contribution in [3.8, 4) is 0 Å². The van der Waals surface area contributed by atoms with E-state index < -0.39 is 0 Å². The number of benzene rings is 1. The van der Waals surface area contributed by atoms with E-state index in [9.17, 15) is 0 Å². The molecular formula is C18H30N2. The predicted molar refractivity (Wildman–Crippen MR) is 87.3 cm³/mol. The molecule has 0 aliphatic heterocycles. The molecule has 1 saturated carbocycles. The second kappa shape index (κ2) is 9.15. The molecule has 0 bridgehead atoms. The Labute approximate surface area is 124 Å². The van der Waals surface area contributed by atoms with Crippen LogP contribution in [0.25, 0.3) is 0 Å². The first-order valence-corrected chi connectivity index (χ1v) is 8.40. The molecule has 2 rings (SSSR count). The standard InChI is InChI=1S/C18H30N2/c1-2-13-19-15-12-17-8-6-16(7-9-17)5-3-4-14-20-18-10-11-18/h6-9,18-20H,2-5,10-15H2,1H3. The minimum absolute atomic E-state index is 0.857. The van der Waals surface area contributed by atoms with Gasteiger partial charge in [0.15, 0.2) is 0 Å². The minimum atomic E-state index is 0.857. The van der Waals surface area contributed by atoms with Crippen molar-refractivity contribution in [2.45, 2.75) is 57.9 Å². The zero-order chi connectivity index (χ0) is 14.0. The van der Waals surface area contributed by atoms with Crippen LogP contribution >= 0.6 is 0 Å². The van der Waals surface area contributed by atoms with Gasteiger partial charge in [0.1, 0.15) is 0 Å². The van der Waals surface area contributed by atoms with Gasteiger partial charge in [-0.05, 0) is 75.7 Å².